The van der Waals surface area contributed by atoms with Gasteiger partial charge in [-0.3, -0.25) is 9.69 Å². The number of nitrogens with zero attached hydrogens (tertiary/aromatic N) is 1. The van der Waals surface area contributed by atoms with E-state index in [1.807, 2.05) is 6.07 Å². The monoisotopic (exact) mass is 327 g/mol. The number of phenolic OH excluding ortho intramolecular Hbond substituents is 1. The molecule has 1 saturated carbocycles. The molecule has 2 aliphatic carbocycles. The molecular formula is C21H29NO2. The molecule has 3 heteroatoms. The molecule has 2 bridgehead atoms. The van der Waals surface area contributed by atoms with E-state index in [-0.39, 0.29) is 17.2 Å². The largest absolute Gasteiger partial charge is 0.508 e. The van der Waals surface area contributed by atoms with E-state index >= 15 is 0 Å². The van der Waals surface area contributed by atoms with Gasteiger partial charge in [0.2, 0.25) is 0 Å². The summed E-state index contributed by atoms with van der Waals surface area (Å²) in [5.74, 6) is 1.77. The number of rotatable bonds is 4. The van der Waals surface area contributed by atoms with Crippen molar-refractivity contribution in [1.29, 1.82) is 0 Å². The summed E-state index contributed by atoms with van der Waals surface area (Å²) in [6.07, 6.45) is 5.57. The summed E-state index contributed by atoms with van der Waals surface area (Å²) in [6.45, 7) is 8.81. The van der Waals surface area contributed by atoms with E-state index in [1.165, 1.54) is 12.8 Å². The van der Waals surface area contributed by atoms with Crippen LogP contribution in [0.15, 0.2) is 12.1 Å². The second-order valence-corrected chi connectivity index (χ2v) is 8.44. The van der Waals surface area contributed by atoms with E-state index in [9.17, 15) is 9.90 Å². The third kappa shape index (κ3) is 2.24. The van der Waals surface area contributed by atoms with Gasteiger partial charge in [-0.2, -0.15) is 0 Å². The highest BCUT2D eigenvalue weighted by Crippen LogP contribution is 2.51. The molecular weight excluding hydrogens is 298 g/mol. The molecule has 3 nitrogen and oxygen atoms in total. The molecule has 0 aromatic heterocycles. The predicted octanol–water partition coefficient (Wildman–Crippen LogP) is 3.92. The van der Waals surface area contributed by atoms with Crippen LogP contribution >= 0.6 is 0 Å². The molecule has 2 fully saturated rings. The van der Waals surface area contributed by atoms with Crippen LogP contribution in [0.5, 0.6) is 5.75 Å². The smallest absolute Gasteiger partial charge is 0.180 e. The van der Waals surface area contributed by atoms with Crippen molar-refractivity contribution in [2.45, 2.75) is 64.3 Å². The van der Waals surface area contributed by atoms with Crippen molar-refractivity contribution >= 4 is 5.78 Å². The molecule has 1 aromatic carbocycles. The van der Waals surface area contributed by atoms with Gasteiger partial charge in [-0.25, -0.2) is 0 Å². The lowest BCUT2D eigenvalue weighted by Crippen LogP contribution is -2.61. The second kappa shape index (κ2) is 5.59. The van der Waals surface area contributed by atoms with Crippen LogP contribution in [0.1, 0.15) is 67.9 Å². The van der Waals surface area contributed by atoms with Crippen LogP contribution in [0.3, 0.4) is 0 Å². The number of hydrogen-bond acceptors (Lipinski definition) is 3. The van der Waals surface area contributed by atoms with Crippen LogP contribution in [0.4, 0.5) is 0 Å². The van der Waals surface area contributed by atoms with Crippen molar-refractivity contribution in [3.05, 3.63) is 28.8 Å². The van der Waals surface area contributed by atoms with Crippen molar-refractivity contribution in [3.63, 3.8) is 0 Å². The maximum absolute atomic E-state index is 13.3. The van der Waals surface area contributed by atoms with Gasteiger partial charge < -0.3 is 5.11 Å². The average Bonchev–Trinajstić information content (AvgIpc) is 3.36. The molecule has 24 heavy (non-hydrogen) atoms. The Morgan fingerprint density at radius 3 is 2.75 bits per heavy atom. The maximum Gasteiger partial charge on any atom is 0.180 e. The summed E-state index contributed by atoms with van der Waals surface area (Å²) in [5, 5.41) is 10.4. The zero-order chi connectivity index (χ0) is 17.1. The first-order chi connectivity index (χ1) is 11.5. The van der Waals surface area contributed by atoms with Crippen LogP contribution in [0.2, 0.25) is 0 Å². The van der Waals surface area contributed by atoms with Crippen LogP contribution < -0.4 is 0 Å². The number of piperidine rings is 1. The molecule has 1 aromatic rings. The van der Waals surface area contributed by atoms with Gasteiger partial charge in [0.25, 0.3) is 0 Å². The summed E-state index contributed by atoms with van der Waals surface area (Å²) in [7, 11) is 0. The van der Waals surface area contributed by atoms with E-state index < -0.39 is 0 Å². The number of Topliss-reactive ketones (excluding diaryl/α,β-unsaturated/α-hetero) is 1. The number of hydrogen-bond donors (Lipinski definition) is 1. The molecule has 1 heterocycles. The van der Waals surface area contributed by atoms with Crippen LogP contribution in [-0.4, -0.2) is 34.9 Å². The minimum Gasteiger partial charge on any atom is -0.508 e. The first-order valence-electron chi connectivity index (χ1n) is 9.61. The fourth-order valence-electron chi connectivity index (χ4n) is 5.15. The number of ketones is 1. The molecule has 3 aliphatic rings. The molecule has 0 radical (unpaired) electrons. The van der Waals surface area contributed by atoms with E-state index in [1.54, 1.807) is 6.07 Å². The molecule has 0 amide bonds. The number of benzene rings is 1. The van der Waals surface area contributed by atoms with E-state index in [0.717, 1.165) is 55.0 Å². The van der Waals surface area contributed by atoms with Gasteiger partial charge >= 0.3 is 0 Å². The SMILES string of the molecule is CCCc1c(O)ccc2c1[C@]1(C)CCN(CC3CC3)[C@H](C2=O)[C@@H]1C. The van der Waals surface area contributed by atoms with Crippen LogP contribution in [0, 0.1) is 11.8 Å². The number of carbonyl (C=O) groups excluding carboxylic acids is 1. The molecule has 1 N–H and O–H groups in total. The number of aromatic hydroxyl groups is 1. The Bertz CT molecular complexity index is 679. The number of fused-ring (bicyclic) bond motifs is 4. The quantitative estimate of drug-likeness (QED) is 0.911. The fourth-order valence-corrected chi connectivity index (χ4v) is 5.15. The third-order valence-electron chi connectivity index (χ3n) is 6.87. The fraction of sp³-hybridized carbons (Fsp3) is 0.667. The van der Waals surface area contributed by atoms with E-state index in [2.05, 4.69) is 25.7 Å². The lowest BCUT2D eigenvalue weighted by Gasteiger charge is -2.54. The van der Waals surface area contributed by atoms with Gasteiger partial charge in [0, 0.05) is 12.1 Å². The van der Waals surface area contributed by atoms with Crippen molar-refractivity contribution in [2.24, 2.45) is 11.8 Å². The molecule has 4 rings (SSSR count). The summed E-state index contributed by atoms with van der Waals surface area (Å²) >= 11 is 0. The zero-order valence-corrected chi connectivity index (χ0v) is 15.1. The Hall–Kier alpha value is -1.35. The molecule has 130 valence electrons. The number of phenols is 1. The molecule has 3 atom stereocenters. The highest BCUT2D eigenvalue weighted by Gasteiger charge is 2.53. The van der Waals surface area contributed by atoms with Gasteiger partial charge in [-0.15, -0.1) is 0 Å². The highest BCUT2D eigenvalue weighted by atomic mass is 16.3. The summed E-state index contributed by atoms with van der Waals surface area (Å²) in [4.78, 5) is 15.8. The van der Waals surface area contributed by atoms with Crippen molar-refractivity contribution < 1.29 is 9.90 Å². The Morgan fingerprint density at radius 2 is 2.08 bits per heavy atom. The summed E-state index contributed by atoms with van der Waals surface area (Å²) in [5.41, 5.74) is 3.05. The van der Waals surface area contributed by atoms with Gasteiger partial charge in [0.05, 0.1) is 6.04 Å². The average molecular weight is 327 g/mol. The molecule has 1 aliphatic heterocycles. The maximum atomic E-state index is 13.3. The van der Waals surface area contributed by atoms with Crippen LogP contribution in [-0.2, 0) is 11.8 Å². The van der Waals surface area contributed by atoms with Crippen molar-refractivity contribution in [1.82, 2.24) is 4.90 Å². The van der Waals surface area contributed by atoms with Gasteiger partial charge in [0.15, 0.2) is 5.78 Å². The normalized spacial score (nSPS) is 32.7. The Labute approximate surface area is 145 Å². The van der Waals surface area contributed by atoms with E-state index in [0.29, 0.717) is 11.7 Å². The van der Waals surface area contributed by atoms with Crippen LogP contribution in [0.25, 0.3) is 0 Å². The van der Waals surface area contributed by atoms with E-state index in [4.69, 9.17) is 0 Å². The standard InChI is InChI=1S/C21H29NO2/c1-4-5-15-17(23)9-8-16-18(15)21(3)10-11-22(12-14-6-7-14)19(13(21)2)20(16)24/h8-9,13-14,19,23H,4-7,10-12H2,1-3H3/t13-,19-,21+/m0/s1. The first kappa shape index (κ1) is 16.1. The minimum atomic E-state index is -0.00277. The first-order valence-corrected chi connectivity index (χ1v) is 9.61. The minimum absolute atomic E-state index is 0.00277. The third-order valence-corrected chi connectivity index (χ3v) is 6.87. The van der Waals surface area contributed by atoms with Gasteiger partial charge in [0.1, 0.15) is 5.75 Å². The highest BCUT2D eigenvalue weighted by molar-refractivity contribution is 6.04. The van der Waals surface area contributed by atoms with Gasteiger partial charge in [-0.05, 0) is 72.7 Å². The van der Waals surface area contributed by atoms with Crippen molar-refractivity contribution in [2.75, 3.05) is 13.1 Å². The predicted molar refractivity (Wildman–Crippen MR) is 95.7 cm³/mol. The Balaban J connectivity index is 1.83. The molecule has 0 spiro atoms. The summed E-state index contributed by atoms with van der Waals surface area (Å²) in [6, 6.07) is 3.64. The molecule has 0 unspecified atom stereocenters. The topological polar surface area (TPSA) is 40.5 Å². The molecule has 1 saturated heterocycles. The Kier molecular flexibility index (Phi) is 3.76. The Morgan fingerprint density at radius 1 is 1.33 bits per heavy atom. The van der Waals surface area contributed by atoms with Crippen molar-refractivity contribution in [3.8, 4) is 5.75 Å². The number of carbonyl (C=O) groups is 1. The van der Waals surface area contributed by atoms with Gasteiger partial charge in [-0.1, -0.05) is 27.2 Å². The number of likely N-dealkylation sites (tertiary alicyclic amines) is 1. The lowest BCUT2D eigenvalue weighted by molar-refractivity contribution is 0.0262. The summed E-state index contributed by atoms with van der Waals surface area (Å²) < 4.78 is 0. The second-order valence-electron chi connectivity index (χ2n) is 8.44. The zero-order valence-electron chi connectivity index (χ0n) is 15.1. The lowest BCUT2D eigenvalue weighted by atomic mass is 9.57.